The number of carbonyl (C=O) groups is 1. The van der Waals surface area contributed by atoms with Gasteiger partial charge in [-0.25, -0.2) is 4.39 Å². The van der Waals surface area contributed by atoms with Crippen LogP contribution in [0.15, 0.2) is 42.5 Å². The number of hydrogen-bond donors (Lipinski definition) is 2. The normalized spacial score (nSPS) is 23.4. The lowest BCUT2D eigenvalue weighted by molar-refractivity contribution is -0.137. The maximum atomic E-state index is 13.8. The molecule has 2 fully saturated rings. The van der Waals surface area contributed by atoms with Crippen LogP contribution in [0.25, 0.3) is 11.1 Å². The summed E-state index contributed by atoms with van der Waals surface area (Å²) in [6.07, 6.45) is -0.737. The van der Waals surface area contributed by atoms with E-state index >= 15 is 0 Å². The maximum Gasteiger partial charge on any atom is 0.416 e. The first kappa shape index (κ1) is 21.6. The predicted octanol–water partition coefficient (Wildman–Crippen LogP) is 4.95. The summed E-state index contributed by atoms with van der Waals surface area (Å²) in [7, 11) is 0. The van der Waals surface area contributed by atoms with Crippen molar-refractivity contribution >= 4 is 18.3 Å². The lowest BCUT2D eigenvalue weighted by atomic mass is 9.95. The van der Waals surface area contributed by atoms with Crippen LogP contribution in [-0.2, 0) is 6.18 Å². The van der Waals surface area contributed by atoms with E-state index in [1.54, 1.807) is 0 Å². The third-order valence-corrected chi connectivity index (χ3v) is 5.54. The second-order valence-corrected chi connectivity index (χ2v) is 7.55. The summed E-state index contributed by atoms with van der Waals surface area (Å²) in [4.78, 5) is 12.9. The minimum atomic E-state index is -4.49. The Balaban J connectivity index is 0.00000240. The minimum absolute atomic E-state index is 0. The number of nitrogens with one attached hydrogen (secondary N) is 2. The second-order valence-electron chi connectivity index (χ2n) is 7.55. The number of alkyl halides is 3. The number of carbonyl (C=O) groups excluding carboxylic acids is 1. The fourth-order valence-corrected chi connectivity index (χ4v) is 4.26. The topological polar surface area (TPSA) is 41.1 Å². The highest BCUT2D eigenvalue weighted by atomic mass is 35.5. The molecule has 0 saturated carbocycles. The first-order valence-corrected chi connectivity index (χ1v) is 9.33. The zero-order chi connectivity index (χ0) is 19.9. The number of piperidine rings is 1. The van der Waals surface area contributed by atoms with Gasteiger partial charge in [0.05, 0.1) is 11.1 Å². The van der Waals surface area contributed by atoms with Crippen LogP contribution in [0.3, 0.4) is 0 Å². The van der Waals surface area contributed by atoms with Crippen LogP contribution in [0.2, 0.25) is 0 Å². The molecule has 0 aromatic heterocycles. The van der Waals surface area contributed by atoms with Gasteiger partial charge in [-0.2, -0.15) is 13.2 Å². The van der Waals surface area contributed by atoms with Gasteiger partial charge in [-0.15, -0.1) is 12.4 Å². The molecule has 2 atom stereocenters. The van der Waals surface area contributed by atoms with Gasteiger partial charge in [0.15, 0.2) is 0 Å². The molecule has 2 unspecified atom stereocenters. The van der Waals surface area contributed by atoms with Crippen molar-refractivity contribution in [2.75, 3.05) is 0 Å². The van der Waals surface area contributed by atoms with E-state index in [0.717, 1.165) is 49.9 Å². The molecule has 3 nitrogen and oxygen atoms in total. The molecule has 29 heavy (non-hydrogen) atoms. The molecule has 0 radical (unpaired) electrons. The summed E-state index contributed by atoms with van der Waals surface area (Å²) >= 11 is 0. The van der Waals surface area contributed by atoms with Gasteiger partial charge in [0.2, 0.25) is 0 Å². The molecular weight excluding hydrogens is 408 g/mol. The van der Waals surface area contributed by atoms with Crippen molar-refractivity contribution in [1.82, 2.24) is 10.6 Å². The lowest BCUT2D eigenvalue weighted by Crippen LogP contribution is -2.48. The first-order valence-electron chi connectivity index (χ1n) is 9.33. The quantitative estimate of drug-likeness (QED) is 0.679. The number of halogens is 5. The molecule has 2 bridgehead atoms. The molecule has 2 heterocycles. The van der Waals surface area contributed by atoms with Crippen LogP contribution < -0.4 is 10.6 Å². The fourth-order valence-electron chi connectivity index (χ4n) is 4.26. The molecule has 2 saturated heterocycles. The van der Waals surface area contributed by atoms with E-state index in [-0.39, 0.29) is 35.1 Å². The first-order chi connectivity index (χ1) is 13.3. The zero-order valence-corrected chi connectivity index (χ0v) is 16.2. The van der Waals surface area contributed by atoms with Crippen LogP contribution in [0.4, 0.5) is 17.6 Å². The Morgan fingerprint density at radius 3 is 2.38 bits per heavy atom. The van der Waals surface area contributed by atoms with Crippen molar-refractivity contribution in [2.24, 2.45) is 0 Å². The summed E-state index contributed by atoms with van der Waals surface area (Å²) in [6.45, 7) is 0. The van der Waals surface area contributed by atoms with Gasteiger partial charge in [-0.05, 0) is 61.1 Å². The number of hydrogen-bond acceptors (Lipinski definition) is 2. The van der Waals surface area contributed by atoms with Crippen LogP contribution in [0, 0.1) is 5.82 Å². The molecule has 8 heteroatoms. The summed E-state index contributed by atoms with van der Waals surface area (Å²) in [5.41, 5.74) is -0.256. The van der Waals surface area contributed by atoms with Crippen molar-refractivity contribution in [2.45, 2.75) is 50.0 Å². The van der Waals surface area contributed by atoms with Gasteiger partial charge in [-0.1, -0.05) is 18.2 Å². The highest BCUT2D eigenvalue weighted by Crippen LogP contribution is 2.34. The average molecular weight is 429 g/mol. The second kappa shape index (κ2) is 8.32. The SMILES string of the molecule is Cl.O=C(NC1CC2CCC(C1)N2)c1cc(F)ccc1-c1cccc(C(F)(F)F)c1. The smallest absolute Gasteiger partial charge is 0.349 e. The minimum Gasteiger partial charge on any atom is -0.349 e. The summed E-state index contributed by atoms with van der Waals surface area (Å²) in [5.74, 6) is -1.07. The largest absolute Gasteiger partial charge is 0.416 e. The van der Waals surface area contributed by atoms with Crippen LogP contribution in [0.5, 0.6) is 0 Å². The van der Waals surface area contributed by atoms with E-state index in [2.05, 4.69) is 10.6 Å². The highest BCUT2D eigenvalue weighted by molar-refractivity contribution is 6.01. The Morgan fingerprint density at radius 2 is 1.72 bits per heavy atom. The molecule has 2 aliphatic rings. The molecule has 0 aliphatic carbocycles. The monoisotopic (exact) mass is 428 g/mol. The number of benzene rings is 2. The molecule has 2 N–H and O–H groups in total. The van der Waals surface area contributed by atoms with Gasteiger partial charge in [0.25, 0.3) is 5.91 Å². The van der Waals surface area contributed by atoms with Crippen molar-refractivity contribution < 1.29 is 22.4 Å². The fraction of sp³-hybridized carbons (Fsp3) is 0.381. The standard InChI is InChI=1S/C21H20F4N2O.ClH/c22-14-4-7-18(12-2-1-3-13(8-12)21(23,24)25)19(9-14)20(28)27-17-10-15-5-6-16(11-17)26-15;/h1-4,7-9,15-17,26H,5-6,10-11H2,(H,27,28);1H. The zero-order valence-electron chi connectivity index (χ0n) is 15.4. The van der Waals surface area contributed by atoms with Gasteiger partial charge in [0.1, 0.15) is 5.82 Å². The number of amides is 1. The molecule has 156 valence electrons. The molecule has 2 aliphatic heterocycles. The Morgan fingerprint density at radius 1 is 1.03 bits per heavy atom. The third-order valence-electron chi connectivity index (χ3n) is 5.54. The Labute approximate surface area is 172 Å². The van der Waals surface area contributed by atoms with Crippen molar-refractivity contribution in [3.63, 3.8) is 0 Å². The van der Waals surface area contributed by atoms with Gasteiger partial charge >= 0.3 is 6.18 Å². The van der Waals surface area contributed by atoms with Crippen molar-refractivity contribution in [3.8, 4) is 11.1 Å². The number of rotatable bonds is 3. The Kier molecular flexibility index (Phi) is 6.19. The van der Waals surface area contributed by atoms with Gasteiger partial charge < -0.3 is 10.6 Å². The van der Waals surface area contributed by atoms with Crippen molar-refractivity contribution in [3.05, 3.63) is 59.4 Å². The molecule has 0 spiro atoms. The number of fused-ring (bicyclic) bond motifs is 2. The van der Waals surface area contributed by atoms with Crippen LogP contribution in [0.1, 0.15) is 41.6 Å². The Hall–Kier alpha value is -2.12. The molecular formula is C21H21ClF4N2O. The molecule has 2 aromatic rings. The van der Waals surface area contributed by atoms with E-state index in [1.807, 2.05) is 0 Å². The van der Waals surface area contributed by atoms with E-state index in [9.17, 15) is 22.4 Å². The van der Waals surface area contributed by atoms with E-state index in [4.69, 9.17) is 0 Å². The molecule has 4 rings (SSSR count). The summed E-state index contributed by atoms with van der Waals surface area (Å²) in [5, 5.41) is 6.43. The summed E-state index contributed by atoms with van der Waals surface area (Å²) in [6, 6.07) is 9.04. The molecule has 1 amide bonds. The van der Waals surface area contributed by atoms with E-state index < -0.39 is 23.5 Å². The van der Waals surface area contributed by atoms with Crippen LogP contribution in [-0.4, -0.2) is 24.0 Å². The predicted molar refractivity (Wildman–Crippen MR) is 105 cm³/mol. The van der Waals surface area contributed by atoms with E-state index in [0.29, 0.717) is 12.1 Å². The Bertz CT molecular complexity index is 890. The van der Waals surface area contributed by atoms with Gasteiger partial charge in [0, 0.05) is 18.1 Å². The van der Waals surface area contributed by atoms with E-state index in [1.165, 1.54) is 18.2 Å². The van der Waals surface area contributed by atoms with Crippen LogP contribution >= 0.6 is 12.4 Å². The lowest BCUT2D eigenvalue weighted by Gasteiger charge is -2.30. The third kappa shape index (κ3) is 4.73. The molecule has 2 aromatic carbocycles. The van der Waals surface area contributed by atoms with Crippen molar-refractivity contribution in [1.29, 1.82) is 0 Å². The van der Waals surface area contributed by atoms with Gasteiger partial charge in [-0.3, -0.25) is 4.79 Å². The summed E-state index contributed by atoms with van der Waals surface area (Å²) < 4.78 is 53.0. The maximum absolute atomic E-state index is 13.8. The average Bonchev–Trinajstić information content (AvgIpc) is 2.99. The highest BCUT2D eigenvalue weighted by Gasteiger charge is 2.34.